The van der Waals surface area contributed by atoms with Crippen molar-refractivity contribution in [2.24, 2.45) is 0 Å². The van der Waals surface area contributed by atoms with Gasteiger partial charge in [0.25, 0.3) is 0 Å². The lowest BCUT2D eigenvalue weighted by Crippen LogP contribution is -3.00. The van der Waals surface area contributed by atoms with Crippen LogP contribution in [0.25, 0.3) is 20.5 Å². The van der Waals surface area contributed by atoms with Gasteiger partial charge in [-0.3, -0.25) is 0 Å². The molecule has 1 heterocycles. The Bertz CT molecular complexity index is 791. The number of hydrogen-bond donors (Lipinski definition) is 0. The van der Waals surface area contributed by atoms with E-state index in [9.17, 15) is 13.2 Å². The molecule has 0 saturated heterocycles. The smallest absolute Gasteiger partial charge is 0.601 e. The largest absolute Gasteiger partial charge is 1.00 e. The molecule has 0 nitrogen and oxygen atoms in total. The molecule has 2 aromatic carbocycles. The van der Waals surface area contributed by atoms with E-state index in [1.54, 1.807) is 36.4 Å². The summed E-state index contributed by atoms with van der Waals surface area (Å²) in [6.07, 6.45) is 1.74. The maximum Gasteiger partial charge on any atom is 0.601 e. The molecule has 122 valence electrons. The number of thiophene rings is 1. The van der Waals surface area contributed by atoms with Crippen molar-refractivity contribution < 1.29 is 30.2 Å². The number of fused-ring (bicyclic) bond motifs is 1. The Labute approximate surface area is 146 Å². The van der Waals surface area contributed by atoms with Crippen LogP contribution < -0.4 is 17.0 Å². The van der Waals surface area contributed by atoms with Crippen molar-refractivity contribution >= 4 is 20.6 Å². The summed E-state index contributed by atoms with van der Waals surface area (Å²) in [4.78, 5) is 0.372. The molecule has 3 rings (SSSR count). The van der Waals surface area contributed by atoms with Crippen LogP contribution in [0.3, 0.4) is 0 Å². The highest BCUT2D eigenvalue weighted by Crippen LogP contribution is 2.54. The van der Waals surface area contributed by atoms with E-state index in [1.807, 2.05) is 25.1 Å². The first-order valence-corrected chi connectivity index (χ1v) is 8.44. The predicted octanol–water partition coefficient (Wildman–Crippen LogP) is 3.69. The van der Waals surface area contributed by atoms with Crippen molar-refractivity contribution in [1.29, 1.82) is 0 Å². The molecule has 0 radical (unpaired) electrons. The van der Waals surface area contributed by atoms with Crippen LogP contribution in [0.2, 0.25) is 0 Å². The van der Waals surface area contributed by atoms with Gasteiger partial charge in [-0.05, 0) is 30.2 Å². The summed E-state index contributed by atoms with van der Waals surface area (Å²) in [6.45, 7) is 2.03. The van der Waals surface area contributed by atoms with Crippen LogP contribution in [-0.2, 0) is 11.9 Å². The van der Waals surface area contributed by atoms with Crippen molar-refractivity contribution in [3.8, 4) is 10.4 Å². The quantitative estimate of drug-likeness (QED) is 0.588. The average Bonchev–Trinajstić information content (AvgIpc) is 2.87. The SMILES string of the molecule is CCCc1ccc2cc(-c3ccccc3)[s+](C(F)(F)F)c2c1.[Br-]. The Morgan fingerprint density at radius 3 is 2.26 bits per heavy atom. The van der Waals surface area contributed by atoms with Crippen molar-refractivity contribution in [2.45, 2.75) is 25.3 Å². The summed E-state index contributed by atoms with van der Waals surface area (Å²) in [5, 5.41) is 0.694. The van der Waals surface area contributed by atoms with Crippen LogP contribution in [0.5, 0.6) is 0 Å². The molecule has 0 amide bonds. The lowest BCUT2D eigenvalue weighted by Gasteiger charge is -2.01. The van der Waals surface area contributed by atoms with Crippen LogP contribution in [-0.4, -0.2) is 0 Å². The Morgan fingerprint density at radius 2 is 1.65 bits per heavy atom. The minimum absolute atomic E-state index is 0. The first kappa shape index (κ1) is 18.0. The molecule has 0 N–H and O–H groups in total. The highest BCUT2D eigenvalue weighted by Gasteiger charge is 2.48. The van der Waals surface area contributed by atoms with Gasteiger partial charge in [0.15, 0.2) is 9.58 Å². The van der Waals surface area contributed by atoms with Gasteiger partial charge in [0.05, 0.1) is 0 Å². The fourth-order valence-corrected chi connectivity index (χ4v) is 4.67. The molecule has 1 aromatic heterocycles. The fourth-order valence-electron chi connectivity index (χ4n) is 2.69. The Balaban J connectivity index is 0.00000192. The van der Waals surface area contributed by atoms with Gasteiger partial charge in [0.1, 0.15) is 10.5 Å². The van der Waals surface area contributed by atoms with Crippen LogP contribution in [0.1, 0.15) is 18.9 Å². The van der Waals surface area contributed by atoms with Crippen LogP contribution in [0.15, 0.2) is 54.6 Å². The maximum atomic E-state index is 13.7. The monoisotopic (exact) mass is 400 g/mol. The molecule has 5 heteroatoms. The lowest BCUT2D eigenvalue weighted by atomic mass is 10.1. The maximum absolute atomic E-state index is 13.7. The molecular formula is C18H16BrF3S. The van der Waals surface area contributed by atoms with Gasteiger partial charge in [-0.15, -0.1) is 13.2 Å². The van der Waals surface area contributed by atoms with Crippen LogP contribution in [0.4, 0.5) is 13.2 Å². The van der Waals surface area contributed by atoms with Crippen LogP contribution in [0, 0.1) is 0 Å². The molecule has 0 spiro atoms. The second kappa shape index (κ2) is 7.05. The van der Waals surface area contributed by atoms with Crippen molar-refractivity contribution in [2.75, 3.05) is 0 Å². The molecule has 0 aliphatic rings. The van der Waals surface area contributed by atoms with Crippen molar-refractivity contribution in [1.82, 2.24) is 0 Å². The molecule has 3 aromatic rings. The van der Waals surface area contributed by atoms with E-state index in [2.05, 4.69) is 0 Å². The summed E-state index contributed by atoms with van der Waals surface area (Å²) in [7, 11) is -1.86. The van der Waals surface area contributed by atoms with Gasteiger partial charge < -0.3 is 17.0 Å². The third-order valence-electron chi connectivity index (χ3n) is 3.63. The van der Waals surface area contributed by atoms with Gasteiger partial charge in [-0.25, -0.2) is 0 Å². The van der Waals surface area contributed by atoms with E-state index in [0.29, 0.717) is 20.5 Å². The van der Waals surface area contributed by atoms with Crippen molar-refractivity contribution in [3.05, 3.63) is 60.2 Å². The molecule has 0 bridgehead atoms. The molecule has 23 heavy (non-hydrogen) atoms. The number of aryl methyl sites for hydroxylation is 1. The van der Waals surface area contributed by atoms with E-state index < -0.39 is 16.0 Å². The normalized spacial score (nSPS) is 12.3. The summed E-state index contributed by atoms with van der Waals surface area (Å²) in [5.41, 5.74) is -2.63. The second-order valence-electron chi connectivity index (χ2n) is 5.25. The molecule has 1 atom stereocenters. The van der Waals surface area contributed by atoms with Gasteiger partial charge in [-0.1, -0.05) is 37.6 Å². The van der Waals surface area contributed by atoms with Gasteiger partial charge in [0, 0.05) is 23.1 Å². The standard InChI is InChI=1S/C18H16F3S.BrH/c1-2-6-13-9-10-15-12-17(14-7-4-3-5-8-14)22(16(15)11-13)18(19,20)21;/h3-5,7-12H,2,6H2,1H3;1H/q+1;/p-1. The van der Waals surface area contributed by atoms with Crippen molar-refractivity contribution in [3.63, 3.8) is 0 Å². The van der Waals surface area contributed by atoms with Gasteiger partial charge in [-0.2, -0.15) is 0 Å². The lowest BCUT2D eigenvalue weighted by molar-refractivity contribution is -0.0864. The topological polar surface area (TPSA) is 0 Å². The van der Waals surface area contributed by atoms with E-state index in [-0.39, 0.29) is 17.0 Å². The molecule has 0 fully saturated rings. The molecule has 0 aliphatic carbocycles. The molecule has 0 saturated carbocycles. The predicted molar refractivity (Wildman–Crippen MR) is 87.2 cm³/mol. The van der Waals surface area contributed by atoms with Gasteiger partial charge in [0.2, 0.25) is 0 Å². The average molecular weight is 401 g/mol. The Hall–Kier alpha value is -1.33. The third kappa shape index (κ3) is 3.61. The minimum atomic E-state index is -4.25. The third-order valence-corrected chi connectivity index (χ3v) is 5.68. The zero-order chi connectivity index (χ0) is 15.7. The first-order chi connectivity index (χ1) is 10.5. The number of hydrogen-bond acceptors (Lipinski definition) is 0. The zero-order valence-electron chi connectivity index (χ0n) is 12.5. The molecule has 1 unspecified atom stereocenters. The fraction of sp³-hybridized carbons (Fsp3) is 0.222. The summed E-state index contributed by atoms with van der Waals surface area (Å²) in [5.74, 6) is 0. The number of alkyl halides is 3. The summed E-state index contributed by atoms with van der Waals surface area (Å²) >= 11 is 0. The minimum Gasteiger partial charge on any atom is -1.00 e. The van der Waals surface area contributed by atoms with E-state index in [4.69, 9.17) is 0 Å². The van der Waals surface area contributed by atoms with Crippen LogP contribution >= 0.6 is 10.5 Å². The number of rotatable bonds is 3. The first-order valence-electron chi connectivity index (χ1n) is 7.22. The second-order valence-corrected chi connectivity index (χ2v) is 7.20. The Kier molecular flexibility index (Phi) is 5.53. The van der Waals surface area contributed by atoms with E-state index >= 15 is 0 Å². The number of halogens is 4. The Morgan fingerprint density at radius 1 is 0.957 bits per heavy atom. The number of benzene rings is 2. The van der Waals surface area contributed by atoms with Gasteiger partial charge >= 0.3 is 5.51 Å². The summed E-state index contributed by atoms with van der Waals surface area (Å²) < 4.78 is 41.4. The van der Waals surface area contributed by atoms with E-state index in [0.717, 1.165) is 18.4 Å². The highest BCUT2D eigenvalue weighted by molar-refractivity contribution is 7.41. The van der Waals surface area contributed by atoms with E-state index in [1.165, 1.54) is 0 Å². The molecule has 0 aliphatic heterocycles. The molecular weight excluding hydrogens is 385 g/mol. The zero-order valence-corrected chi connectivity index (χ0v) is 14.9. The highest BCUT2D eigenvalue weighted by atomic mass is 79.9. The summed E-state index contributed by atoms with van der Waals surface area (Å²) in [6, 6.07) is 16.1.